The third-order valence-electron chi connectivity index (χ3n) is 7.18. The first-order valence-electron chi connectivity index (χ1n) is 13.1. The summed E-state index contributed by atoms with van der Waals surface area (Å²) in [5, 5.41) is 19.1. The minimum absolute atomic E-state index is 0.0112. The van der Waals surface area contributed by atoms with E-state index in [0.29, 0.717) is 38.2 Å². The van der Waals surface area contributed by atoms with Gasteiger partial charge < -0.3 is 14.6 Å². The van der Waals surface area contributed by atoms with Crippen LogP contribution in [0.2, 0.25) is 0 Å². The average Bonchev–Trinajstić information content (AvgIpc) is 3.61. The standard InChI is InChI=1S/C29H37N5O3/c1-6-36-28-24-12-8-20(3)25-17-22(9-7-19(25)2)27-21(4)30-32(5)29(27)37-16-14-33(23-10-11-23)18-26(24)34(31-28)13-15-35/h7-9,12,17,23,35H,3,6,10-11,13-16,18H2,1-2,4-5H3/b12-8+. The van der Waals surface area contributed by atoms with E-state index in [1.165, 1.54) is 12.8 Å². The van der Waals surface area contributed by atoms with Crippen LogP contribution in [0.5, 0.6) is 11.8 Å². The van der Waals surface area contributed by atoms with Gasteiger partial charge in [0.1, 0.15) is 6.61 Å². The van der Waals surface area contributed by atoms with Crippen molar-refractivity contribution in [1.82, 2.24) is 24.5 Å². The van der Waals surface area contributed by atoms with Crippen LogP contribution in [0.4, 0.5) is 0 Å². The maximum absolute atomic E-state index is 9.75. The van der Waals surface area contributed by atoms with E-state index in [0.717, 1.165) is 57.2 Å². The molecule has 1 N–H and O–H groups in total. The second kappa shape index (κ2) is 10.6. The van der Waals surface area contributed by atoms with E-state index in [-0.39, 0.29) is 6.61 Å². The third-order valence-corrected chi connectivity index (χ3v) is 7.18. The molecule has 0 saturated heterocycles. The molecule has 0 spiro atoms. The zero-order chi connectivity index (χ0) is 26.1. The molecular formula is C29H37N5O3. The van der Waals surface area contributed by atoms with Gasteiger partial charge in [-0.3, -0.25) is 9.58 Å². The molecule has 2 aliphatic rings. The molecule has 3 heterocycles. The highest BCUT2D eigenvalue weighted by molar-refractivity contribution is 5.83. The summed E-state index contributed by atoms with van der Waals surface area (Å²) in [6.07, 6.45) is 6.47. The Morgan fingerprint density at radius 3 is 2.73 bits per heavy atom. The Labute approximate surface area is 218 Å². The molecule has 3 aromatic rings. The predicted molar refractivity (Wildman–Crippen MR) is 146 cm³/mol. The Hall–Kier alpha value is -3.36. The molecular weight excluding hydrogens is 466 g/mol. The summed E-state index contributed by atoms with van der Waals surface area (Å²) in [6, 6.07) is 6.95. The summed E-state index contributed by atoms with van der Waals surface area (Å²) >= 11 is 0. The first-order valence-corrected chi connectivity index (χ1v) is 13.1. The summed E-state index contributed by atoms with van der Waals surface area (Å²) < 4.78 is 16.1. The SMILES string of the molecule is C=C1/C=C/c2c(OCC)nn(CCO)c2CN(C2CC2)CCOc2c(c(C)nn2C)-c2ccc(C)c1c2. The maximum Gasteiger partial charge on any atom is 0.240 e. The van der Waals surface area contributed by atoms with E-state index in [1.807, 2.05) is 36.3 Å². The van der Waals surface area contributed by atoms with Gasteiger partial charge in [0.05, 0.1) is 42.3 Å². The van der Waals surface area contributed by atoms with Gasteiger partial charge in [-0.2, -0.15) is 5.10 Å². The lowest BCUT2D eigenvalue weighted by Crippen LogP contribution is -2.32. The lowest BCUT2D eigenvalue weighted by Gasteiger charge is -2.23. The van der Waals surface area contributed by atoms with Crippen molar-refractivity contribution in [1.29, 1.82) is 0 Å². The van der Waals surface area contributed by atoms with Gasteiger partial charge in [-0.1, -0.05) is 24.8 Å². The zero-order valence-electron chi connectivity index (χ0n) is 22.3. The van der Waals surface area contributed by atoms with Crippen LogP contribution in [-0.4, -0.2) is 62.0 Å². The fourth-order valence-corrected chi connectivity index (χ4v) is 5.16. The van der Waals surface area contributed by atoms with Crippen molar-refractivity contribution in [2.75, 3.05) is 26.4 Å². The van der Waals surface area contributed by atoms with E-state index >= 15 is 0 Å². The van der Waals surface area contributed by atoms with Crippen LogP contribution >= 0.6 is 0 Å². The summed E-state index contributed by atoms with van der Waals surface area (Å²) in [5.74, 6) is 1.37. The molecule has 2 aromatic heterocycles. The lowest BCUT2D eigenvalue weighted by atomic mass is 9.95. The number of ether oxygens (including phenoxy) is 2. The third kappa shape index (κ3) is 5.08. The highest BCUT2D eigenvalue weighted by atomic mass is 16.5. The Morgan fingerprint density at radius 2 is 2.00 bits per heavy atom. The maximum atomic E-state index is 9.75. The first kappa shape index (κ1) is 25.3. The van der Waals surface area contributed by atoms with Crippen LogP contribution in [0.3, 0.4) is 0 Å². The van der Waals surface area contributed by atoms with Crippen molar-refractivity contribution in [3.05, 3.63) is 58.9 Å². The number of aryl methyl sites for hydroxylation is 3. The summed E-state index contributed by atoms with van der Waals surface area (Å²) in [7, 11) is 1.93. The first-order chi connectivity index (χ1) is 17.9. The van der Waals surface area contributed by atoms with Crippen molar-refractivity contribution in [3.8, 4) is 22.9 Å². The van der Waals surface area contributed by atoms with E-state index in [2.05, 4.69) is 47.8 Å². The van der Waals surface area contributed by atoms with E-state index < -0.39 is 0 Å². The second-order valence-corrected chi connectivity index (χ2v) is 9.87. The number of allylic oxidation sites excluding steroid dienone is 2. The molecule has 1 aliphatic carbocycles. The number of hydrogen-bond acceptors (Lipinski definition) is 6. The minimum Gasteiger partial charge on any atom is -0.476 e. The number of benzene rings is 1. The summed E-state index contributed by atoms with van der Waals surface area (Å²) in [5.41, 5.74) is 8.12. The number of rotatable bonds is 5. The van der Waals surface area contributed by atoms with E-state index in [9.17, 15) is 5.11 Å². The minimum atomic E-state index is 0.0112. The number of aromatic nitrogens is 4. The molecule has 2 bridgehead atoms. The van der Waals surface area contributed by atoms with Crippen LogP contribution < -0.4 is 9.47 Å². The highest BCUT2D eigenvalue weighted by Gasteiger charge is 2.31. The fourth-order valence-electron chi connectivity index (χ4n) is 5.16. The van der Waals surface area contributed by atoms with E-state index in [4.69, 9.17) is 14.6 Å². The van der Waals surface area contributed by atoms with Gasteiger partial charge in [0.25, 0.3) is 0 Å². The summed E-state index contributed by atoms with van der Waals surface area (Å²) in [6.45, 7) is 13.5. The second-order valence-electron chi connectivity index (χ2n) is 9.87. The molecule has 0 atom stereocenters. The van der Waals surface area contributed by atoms with Crippen molar-refractivity contribution in [3.63, 3.8) is 0 Å². The normalized spacial score (nSPS) is 17.4. The number of aliphatic hydroxyl groups excluding tert-OH is 1. The Balaban J connectivity index is 1.64. The lowest BCUT2D eigenvalue weighted by molar-refractivity contribution is 0.182. The van der Waals surface area contributed by atoms with Gasteiger partial charge in [0, 0.05) is 26.2 Å². The Kier molecular flexibility index (Phi) is 7.22. The monoisotopic (exact) mass is 503 g/mol. The van der Waals surface area contributed by atoms with Crippen LogP contribution in [-0.2, 0) is 20.1 Å². The van der Waals surface area contributed by atoms with Crippen LogP contribution in [0, 0.1) is 13.8 Å². The average molecular weight is 504 g/mol. The largest absolute Gasteiger partial charge is 0.476 e. The Morgan fingerprint density at radius 1 is 1.19 bits per heavy atom. The van der Waals surface area contributed by atoms with Crippen LogP contribution in [0.1, 0.15) is 47.8 Å². The molecule has 0 radical (unpaired) electrons. The smallest absolute Gasteiger partial charge is 0.240 e. The zero-order valence-corrected chi connectivity index (χ0v) is 22.3. The number of aliphatic hydroxyl groups is 1. The number of nitrogens with zero attached hydrogens (tertiary/aromatic N) is 5. The van der Waals surface area contributed by atoms with Crippen molar-refractivity contribution >= 4 is 11.6 Å². The van der Waals surface area contributed by atoms with Gasteiger partial charge in [-0.15, -0.1) is 5.10 Å². The molecule has 0 unspecified atom stereocenters. The molecule has 5 rings (SSSR count). The molecule has 1 aliphatic heterocycles. The van der Waals surface area contributed by atoms with Crippen molar-refractivity contribution < 1.29 is 14.6 Å². The van der Waals surface area contributed by atoms with Crippen molar-refractivity contribution in [2.45, 2.75) is 52.7 Å². The molecule has 8 nitrogen and oxygen atoms in total. The van der Waals surface area contributed by atoms with Crippen LogP contribution in [0.25, 0.3) is 22.8 Å². The number of fused-ring (bicyclic) bond motifs is 5. The van der Waals surface area contributed by atoms with Gasteiger partial charge in [0.15, 0.2) is 0 Å². The quantitative estimate of drug-likeness (QED) is 0.557. The molecule has 1 aromatic carbocycles. The molecule has 0 amide bonds. The van der Waals surface area contributed by atoms with Crippen molar-refractivity contribution in [2.24, 2.45) is 7.05 Å². The van der Waals surface area contributed by atoms with E-state index in [1.54, 1.807) is 0 Å². The molecule has 1 fully saturated rings. The molecule has 8 heteroatoms. The van der Waals surface area contributed by atoms with Gasteiger partial charge in [-0.05, 0) is 68.0 Å². The van der Waals surface area contributed by atoms with Crippen LogP contribution in [0.15, 0.2) is 30.9 Å². The number of hydrogen-bond donors (Lipinski definition) is 1. The molecule has 1 saturated carbocycles. The highest BCUT2D eigenvalue weighted by Crippen LogP contribution is 2.37. The predicted octanol–water partition coefficient (Wildman–Crippen LogP) is 4.37. The fraction of sp³-hybridized carbons (Fsp3) is 0.448. The molecule has 196 valence electrons. The summed E-state index contributed by atoms with van der Waals surface area (Å²) in [4.78, 5) is 2.46. The molecule has 37 heavy (non-hydrogen) atoms. The van der Waals surface area contributed by atoms with Gasteiger partial charge in [-0.25, -0.2) is 4.68 Å². The van der Waals surface area contributed by atoms with Gasteiger partial charge >= 0.3 is 0 Å². The van der Waals surface area contributed by atoms with Gasteiger partial charge in [0.2, 0.25) is 11.8 Å². The Bertz CT molecular complexity index is 1330. The topological polar surface area (TPSA) is 77.6 Å².